The van der Waals surface area contributed by atoms with Crippen LogP contribution in [-0.2, 0) is 6.54 Å². The van der Waals surface area contributed by atoms with E-state index in [1.54, 1.807) is 18.2 Å². The highest BCUT2D eigenvalue weighted by molar-refractivity contribution is 6.34. The smallest absolute Gasteiger partial charge is 0.139 e. The molecule has 2 N–H and O–H groups in total. The first-order chi connectivity index (χ1) is 9.70. The number of nitrogens with two attached hydrogens (primary N) is 1. The van der Waals surface area contributed by atoms with Crippen molar-refractivity contribution in [1.29, 1.82) is 0 Å². The highest BCUT2D eigenvalue weighted by atomic mass is 35.5. The summed E-state index contributed by atoms with van der Waals surface area (Å²) >= 11 is 11.9. The van der Waals surface area contributed by atoms with Crippen molar-refractivity contribution in [3.63, 3.8) is 0 Å². The molecule has 3 nitrogen and oxygen atoms in total. The molecule has 0 saturated heterocycles. The van der Waals surface area contributed by atoms with Crippen molar-refractivity contribution in [1.82, 2.24) is 0 Å². The standard InChI is InChI=1S/C15H15Cl2NO2/c16-12-5-6-13(17)15(9-12)20-8-7-19-14-4-2-1-3-11(14)10-18/h1-6,9H,7-8,10,18H2. The Morgan fingerprint density at radius 1 is 0.900 bits per heavy atom. The fourth-order valence-electron chi connectivity index (χ4n) is 1.70. The van der Waals surface area contributed by atoms with Crippen LogP contribution in [0.25, 0.3) is 0 Å². The number of rotatable bonds is 6. The Hall–Kier alpha value is -1.42. The third-order valence-electron chi connectivity index (χ3n) is 2.68. The lowest BCUT2D eigenvalue weighted by molar-refractivity contribution is 0.216. The zero-order chi connectivity index (χ0) is 14.4. The Kier molecular flexibility index (Phi) is 5.53. The number of ether oxygens (including phenoxy) is 2. The first-order valence-electron chi connectivity index (χ1n) is 6.19. The lowest BCUT2D eigenvalue weighted by Gasteiger charge is -2.12. The Labute approximate surface area is 128 Å². The number of benzene rings is 2. The Bertz CT molecular complexity index is 576. The molecule has 0 unspecified atom stereocenters. The van der Waals surface area contributed by atoms with E-state index < -0.39 is 0 Å². The molecule has 0 amide bonds. The van der Waals surface area contributed by atoms with E-state index in [0.29, 0.717) is 35.6 Å². The summed E-state index contributed by atoms with van der Waals surface area (Å²) in [6.07, 6.45) is 0. The van der Waals surface area contributed by atoms with Gasteiger partial charge >= 0.3 is 0 Å². The van der Waals surface area contributed by atoms with Crippen molar-refractivity contribution in [2.75, 3.05) is 13.2 Å². The van der Waals surface area contributed by atoms with Crippen LogP contribution < -0.4 is 15.2 Å². The van der Waals surface area contributed by atoms with Crippen LogP contribution in [0.15, 0.2) is 42.5 Å². The van der Waals surface area contributed by atoms with E-state index in [9.17, 15) is 0 Å². The van der Waals surface area contributed by atoms with E-state index in [1.807, 2.05) is 24.3 Å². The molecule has 0 aliphatic heterocycles. The van der Waals surface area contributed by atoms with Gasteiger partial charge in [0.1, 0.15) is 24.7 Å². The molecule has 0 bridgehead atoms. The van der Waals surface area contributed by atoms with E-state index in [4.69, 9.17) is 38.4 Å². The van der Waals surface area contributed by atoms with Crippen LogP contribution >= 0.6 is 23.2 Å². The molecule has 2 aromatic rings. The minimum atomic E-state index is 0.374. The van der Waals surface area contributed by atoms with E-state index in [-0.39, 0.29) is 0 Å². The predicted octanol–water partition coefficient (Wildman–Crippen LogP) is 3.91. The summed E-state index contributed by atoms with van der Waals surface area (Å²) in [4.78, 5) is 0. The van der Waals surface area contributed by atoms with Gasteiger partial charge in [0.15, 0.2) is 0 Å². The van der Waals surface area contributed by atoms with Gasteiger partial charge in [0.25, 0.3) is 0 Å². The molecule has 106 valence electrons. The summed E-state index contributed by atoms with van der Waals surface area (Å²) in [6, 6.07) is 12.7. The molecule has 2 rings (SSSR count). The molecular weight excluding hydrogens is 297 g/mol. The van der Waals surface area contributed by atoms with Gasteiger partial charge in [-0.15, -0.1) is 0 Å². The molecule has 0 aromatic heterocycles. The average molecular weight is 312 g/mol. The molecule has 0 aliphatic carbocycles. The highest BCUT2D eigenvalue weighted by Gasteiger charge is 2.04. The summed E-state index contributed by atoms with van der Waals surface area (Å²) < 4.78 is 11.2. The van der Waals surface area contributed by atoms with Crippen molar-refractivity contribution in [3.8, 4) is 11.5 Å². The van der Waals surface area contributed by atoms with Gasteiger partial charge in [0, 0.05) is 23.2 Å². The molecule has 0 radical (unpaired) electrons. The quantitative estimate of drug-likeness (QED) is 0.823. The zero-order valence-electron chi connectivity index (χ0n) is 10.8. The second-order valence-electron chi connectivity index (χ2n) is 4.08. The van der Waals surface area contributed by atoms with Crippen LogP contribution in [0.3, 0.4) is 0 Å². The maximum atomic E-state index is 6.00. The van der Waals surface area contributed by atoms with Crippen molar-refractivity contribution >= 4 is 23.2 Å². The van der Waals surface area contributed by atoms with Gasteiger partial charge in [0.2, 0.25) is 0 Å². The fraction of sp³-hybridized carbons (Fsp3) is 0.200. The van der Waals surface area contributed by atoms with Gasteiger partial charge in [-0.1, -0.05) is 41.4 Å². The summed E-state index contributed by atoms with van der Waals surface area (Å²) in [7, 11) is 0. The van der Waals surface area contributed by atoms with E-state index in [1.165, 1.54) is 0 Å². The Balaban J connectivity index is 1.86. The average Bonchev–Trinajstić information content (AvgIpc) is 2.47. The molecule has 0 aliphatic rings. The van der Waals surface area contributed by atoms with Crippen molar-refractivity contribution < 1.29 is 9.47 Å². The van der Waals surface area contributed by atoms with Crippen LogP contribution in [0.1, 0.15) is 5.56 Å². The molecule has 5 heteroatoms. The minimum Gasteiger partial charge on any atom is -0.490 e. The van der Waals surface area contributed by atoms with Gasteiger partial charge in [-0.25, -0.2) is 0 Å². The largest absolute Gasteiger partial charge is 0.490 e. The first-order valence-corrected chi connectivity index (χ1v) is 6.95. The van der Waals surface area contributed by atoms with E-state index in [0.717, 1.165) is 11.3 Å². The lowest BCUT2D eigenvalue weighted by atomic mass is 10.2. The van der Waals surface area contributed by atoms with Crippen molar-refractivity contribution in [2.45, 2.75) is 6.54 Å². The van der Waals surface area contributed by atoms with Gasteiger partial charge in [-0.3, -0.25) is 0 Å². The number of hydrogen-bond acceptors (Lipinski definition) is 3. The molecule has 0 spiro atoms. The van der Waals surface area contributed by atoms with Gasteiger partial charge in [-0.05, 0) is 18.2 Å². The molecule has 0 fully saturated rings. The van der Waals surface area contributed by atoms with E-state index >= 15 is 0 Å². The zero-order valence-corrected chi connectivity index (χ0v) is 12.3. The molecule has 2 aromatic carbocycles. The number of halogens is 2. The van der Waals surface area contributed by atoms with Crippen molar-refractivity contribution in [3.05, 3.63) is 58.1 Å². The van der Waals surface area contributed by atoms with Crippen LogP contribution in [-0.4, -0.2) is 13.2 Å². The number of hydrogen-bond donors (Lipinski definition) is 1. The topological polar surface area (TPSA) is 44.5 Å². The SMILES string of the molecule is NCc1ccccc1OCCOc1cc(Cl)ccc1Cl. The predicted molar refractivity (Wildman–Crippen MR) is 81.8 cm³/mol. The highest BCUT2D eigenvalue weighted by Crippen LogP contribution is 2.27. The lowest BCUT2D eigenvalue weighted by Crippen LogP contribution is -2.11. The molecule has 0 atom stereocenters. The third kappa shape index (κ3) is 4.04. The summed E-state index contributed by atoms with van der Waals surface area (Å²) in [5.74, 6) is 1.32. The minimum absolute atomic E-state index is 0.374. The van der Waals surface area contributed by atoms with Gasteiger partial charge < -0.3 is 15.2 Å². The van der Waals surface area contributed by atoms with Crippen LogP contribution in [0.2, 0.25) is 10.0 Å². The molecular formula is C15H15Cl2NO2. The Morgan fingerprint density at radius 2 is 1.60 bits per heavy atom. The normalized spacial score (nSPS) is 10.3. The molecule has 20 heavy (non-hydrogen) atoms. The van der Waals surface area contributed by atoms with Crippen molar-refractivity contribution in [2.24, 2.45) is 5.73 Å². The fourth-order valence-corrected chi connectivity index (χ4v) is 2.04. The number of para-hydroxylation sites is 1. The Morgan fingerprint density at radius 3 is 2.35 bits per heavy atom. The van der Waals surface area contributed by atoms with Crippen LogP contribution in [0.5, 0.6) is 11.5 Å². The molecule has 0 saturated carbocycles. The maximum absolute atomic E-state index is 6.00. The van der Waals surface area contributed by atoms with Crippen LogP contribution in [0.4, 0.5) is 0 Å². The summed E-state index contributed by atoms with van der Waals surface area (Å²) in [5, 5.41) is 1.11. The summed E-state index contributed by atoms with van der Waals surface area (Å²) in [5.41, 5.74) is 6.61. The van der Waals surface area contributed by atoms with Gasteiger partial charge in [-0.2, -0.15) is 0 Å². The second kappa shape index (κ2) is 7.39. The van der Waals surface area contributed by atoms with Gasteiger partial charge in [0.05, 0.1) is 5.02 Å². The monoisotopic (exact) mass is 311 g/mol. The molecule has 0 heterocycles. The van der Waals surface area contributed by atoms with E-state index in [2.05, 4.69) is 0 Å². The maximum Gasteiger partial charge on any atom is 0.139 e. The summed E-state index contributed by atoms with van der Waals surface area (Å²) in [6.45, 7) is 1.22. The van der Waals surface area contributed by atoms with Crippen LogP contribution in [0, 0.1) is 0 Å². The second-order valence-corrected chi connectivity index (χ2v) is 4.93. The third-order valence-corrected chi connectivity index (χ3v) is 3.23. The first kappa shape index (κ1) is 15.0.